The molecule has 1 spiro atoms. The molecule has 0 aliphatic heterocycles. The number of aliphatic hydroxyl groups excluding tert-OH is 1. The van der Waals surface area contributed by atoms with Crippen LogP contribution in [0.4, 0.5) is 10.1 Å². The summed E-state index contributed by atoms with van der Waals surface area (Å²) in [7, 11) is 1.58. The van der Waals surface area contributed by atoms with Gasteiger partial charge in [0.15, 0.2) is 5.82 Å². The van der Waals surface area contributed by atoms with Crippen molar-refractivity contribution in [2.75, 3.05) is 5.32 Å². The number of pyridine rings is 2. The van der Waals surface area contributed by atoms with E-state index in [1.165, 1.54) is 23.0 Å². The number of halogens is 1. The largest absolute Gasteiger partial charge is 0.392 e. The number of hydrogen-bond acceptors (Lipinski definition) is 6. The number of aliphatic hydroxyl groups is 1. The highest BCUT2D eigenvalue weighted by atomic mass is 19.1. The summed E-state index contributed by atoms with van der Waals surface area (Å²) < 4.78 is 17.6. The number of hydrogen-bond donors (Lipinski definition) is 2. The highest BCUT2D eigenvalue weighted by Crippen LogP contribution is 2.70. The topological polar surface area (TPSA) is 119 Å². The van der Waals surface area contributed by atoms with Crippen LogP contribution in [-0.4, -0.2) is 30.3 Å². The SMILES string of the molecule is Cn1cc(-c2ccnc(-n3ncc4cc(C(C)(C)C)cc(F)c4c3=O)c2CO)cc(NC(=O)[C@H]2CC23CC3)c1=O. The second-order valence-corrected chi connectivity index (χ2v) is 12.0. The maximum atomic E-state index is 15.2. The molecule has 2 N–H and O–H groups in total. The maximum absolute atomic E-state index is 15.2. The predicted molar refractivity (Wildman–Crippen MR) is 149 cm³/mol. The number of aromatic nitrogens is 4. The Bertz CT molecular complexity index is 1830. The summed E-state index contributed by atoms with van der Waals surface area (Å²) in [6.45, 7) is 5.36. The minimum atomic E-state index is -0.707. The average Bonchev–Trinajstić information content (AvgIpc) is 3.84. The number of rotatable bonds is 5. The Balaban J connectivity index is 1.44. The van der Waals surface area contributed by atoms with Crippen molar-refractivity contribution >= 4 is 22.4 Å². The molecule has 1 aromatic carbocycles. The molecule has 0 bridgehead atoms. The number of anilines is 1. The van der Waals surface area contributed by atoms with Crippen molar-refractivity contribution in [2.45, 2.75) is 52.1 Å². The summed E-state index contributed by atoms with van der Waals surface area (Å²) in [6.07, 6.45) is 7.40. The standard InChI is InChI=1S/C30H30FN5O4/c1-29(2,3)18-9-16-13-33-36(28(40)24(16)22(31)11-18)25-20(15-37)19(5-8-32-25)17-10-23(27(39)35(4)14-17)34-26(38)21-12-30(21)6-7-30/h5,8-11,13-14,21,37H,6-7,12,15H2,1-4H3,(H,34,38)/t21-/m1/s1. The summed E-state index contributed by atoms with van der Waals surface area (Å²) in [6, 6.07) is 6.31. The number of nitrogens with zero attached hydrogens (tertiary/aromatic N) is 4. The molecule has 2 fully saturated rings. The molecule has 1 atom stereocenters. The van der Waals surface area contributed by atoms with E-state index in [0.717, 1.165) is 29.5 Å². The molecule has 2 saturated carbocycles. The summed E-state index contributed by atoms with van der Waals surface area (Å²) in [5.74, 6) is -0.841. The van der Waals surface area contributed by atoms with Gasteiger partial charge < -0.3 is 15.0 Å². The molecule has 3 heterocycles. The van der Waals surface area contributed by atoms with Gasteiger partial charge in [-0.3, -0.25) is 14.4 Å². The second-order valence-electron chi connectivity index (χ2n) is 12.0. The fraction of sp³-hybridized carbons (Fsp3) is 0.367. The van der Waals surface area contributed by atoms with Gasteiger partial charge in [0.05, 0.1) is 18.2 Å². The first-order chi connectivity index (χ1) is 18.9. The molecule has 206 valence electrons. The van der Waals surface area contributed by atoms with Gasteiger partial charge in [0.2, 0.25) is 5.91 Å². The second kappa shape index (κ2) is 8.92. The summed E-state index contributed by atoms with van der Waals surface area (Å²) in [5.41, 5.74) is 0.894. The van der Waals surface area contributed by atoms with Gasteiger partial charge in [0.1, 0.15) is 11.5 Å². The fourth-order valence-electron chi connectivity index (χ4n) is 5.51. The zero-order valence-electron chi connectivity index (χ0n) is 22.8. The van der Waals surface area contributed by atoms with Crippen molar-refractivity contribution in [3.05, 3.63) is 80.5 Å². The molecule has 3 aromatic heterocycles. The van der Waals surface area contributed by atoms with Crippen LogP contribution < -0.4 is 16.4 Å². The molecule has 10 heteroatoms. The molecule has 9 nitrogen and oxygen atoms in total. The van der Waals surface area contributed by atoms with Crippen LogP contribution in [0.5, 0.6) is 0 Å². The number of nitrogens with one attached hydrogen (secondary N) is 1. The van der Waals surface area contributed by atoms with Crippen LogP contribution in [-0.2, 0) is 23.9 Å². The monoisotopic (exact) mass is 543 g/mol. The van der Waals surface area contributed by atoms with Crippen molar-refractivity contribution in [3.63, 3.8) is 0 Å². The lowest BCUT2D eigenvalue weighted by atomic mass is 9.86. The molecular formula is C30H30FN5O4. The zero-order chi connectivity index (χ0) is 28.6. The molecule has 0 unspecified atom stereocenters. The van der Waals surface area contributed by atoms with Gasteiger partial charge in [-0.05, 0) is 65.5 Å². The van der Waals surface area contributed by atoms with Crippen molar-refractivity contribution in [1.29, 1.82) is 0 Å². The number of aryl methyl sites for hydroxylation is 1. The van der Waals surface area contributed by atoms with Crippen LogP contribution in [0.2, 0.25) is 0 Å². The Morgan fingerprint density at radius 1 is 1.20 bits per heavy atom. The molecule has 6 rings (SSSR count). The highest BCUT2D eigenvalue weighted by Gasteiger charge is 2.65. The van der Waals surface area contributed by atoms with Gasteiger partial charge in [-0.2, -0.15) is 9.78 Å². The van der Waals surface area contributed by atoms with E-state index < -0.39 is 18.0 Å². The van der Waals surface area contributed by atoms with Gasteiger partial charge in [0, 0.05) is 41.9 Å². The summed E-state index contributed by atoms with van der Waals surface area (Å²) in [4.78, 5) is 43.4. The Morgan fingerprint density at radius 2 is 1.95 bits per heavy atom. The van der Waals surface area contributed by atoms with Crippen LogP contribution in [0, 0.1) is 17.2 Å². The lowest BCUT2D eigenvalue weighted by Gasteiger charge is -2.20. The molecular weight excluding hydrogens is 513 g/mol. The van der Waals surface area contributed by atoms with Gasteiger partial charge in [0.25, 0.3) is 11.1 Å². The number of fused-ring (bicyclic) bond motifs is 1. The van der Waals surface area contributed by atoms with Crippen molar-refractivity contribution in [1.82, 2.24) is 19.3 Å². The van der Waals surface area contributed by atoms with Crippen molar-refractivity contribution in [3.8, 4) is 16.9 Å². The third kappa shape index (κ3) is 4.23. The first-order valence-electron chi connectivity index (χ1n) is 13.3. The van der Waals surface area contributed by atoms with E-state index in [9.17, 15) is 19.5 Å². The quantitative estimate of drug-likeness (QED) is 0.395. The van der Waals surface area contributed by atoms with Crippen LogP contribution in [0.15, 0.2) is 52.4 Å². The minimum absolute atomic E-state index is 0.0410. The van der Waals surface area contributed by atoms with Crippen LogP contribution in [0.1, 0.15) is 51.2 Å². The van der Waals surface area contributed by atoms with Gasteiger partial charge in [-0.1, -0.05) is 20.8 Å². The average molecular weight is 544 g/mol. The zero-order valence-corrected chi connectivity index (χ0v) is 22.8. The third-order valence-corrected chi connectivity index (χ3v) is 8.25. The van der Waals surface area contributed by atoms with Crippen LogP contribution in [0.25, 0.3) is 27.7 Å². The molecule has 40 heavy (non-hydrogen) atoms. The first kappa shape index (κ1) is 26.1. The van der Waals surface area contributed by atoms with Crippen molar-refractivity contribution < 1.29 is 14.3 Å². The molecule has 4 aromatic rings. The highest BCUT2D eigenvalue weighted by molar-refractivity contribution is 5.96. The van der Waals surface area contributed by atoms with Gasteiger partial charge in [-0.15, -0.1) is 0 Å². The Kier molecular flexibility index (Phi) is 5.81. The lowest BCUT2D eigenvalue weighted by molar-refractivity contribution is -0.117. The molecule has 2 aliphatic carbocycles. The Labute approximate surface area is 229 Å². The molecule has 1 amide bonds. The van der Waals surface area contributed by atoms with Crippen LogP contribution >= 0.6 is 0 Å². The van der Waals surface area contributed by atoms with Gasteiger partial charge >= 0.3 is 0 Å². The normalized spacial score (nSPS) is 17.3. The number of carbonyl (C=O) groups excluding carboxylic acids is 1. The number of carbonyl (C=O) groups is 1. The van der Waals surface area contributed by atoms with E-state index >= 15 is 4.39 Å². The summed E-state index contributed by atoms with van der Waals surface area (Å²) in [5, 5.41) is 17.7. The smallest absolute Gasteiger partial charge is 0.283 e. The first-order valence-corrected chi connectivity index (χ1v) is 13.3. The predicted octanol–water partition coefficient (Wildman–Crippen LogP) is 3.81. The number of amides is 1. The fourth-order valence-corrected chi connectivity index (χ4v) is 5.51. The van der Waals surface area contributed by atoms with E-state index in [4.69, 9.17) is 0 Å². The number of benzene rings is 1. The maximum Gasteiger partial charge on any atom is 0.283 e. The van der Waals surface area contributed by atoms with E-state index in [1.54, 1.807) is 31.4 Å². The Morgan fingerprint density at radius 3 is 2.60 bits per heavy atom. The van der Waals surface area contributed by atoms with Gasteiger partial charge in [-0.25, -0.2) is 9.37 Å². The van der Waals surface area contributed by atoms with E-state index in [2.05, 4.69) is 15.4 Å². The lowest BCUT2D eigenvalue weighted by Crippen LogP contribution is -2.26. The molecule has 2 aliphatic rings. The molecule has 0 saturated heterocycles. The minimum Gasteiger partial charge on any atom is -0.392 e. The Hall–Kier alpha value is -4.18. The molecule has 0 radical (unpaired) electrons. The van der Waals surface area contributed by atoms with E-state index in [0.29, 0.717) is 16.5 Å². The third-order valence-electron chi connectivity index (χ3n) is 8.25. The summed E-state index contributed by atoms with van der Waals surface area (Å²) >= 11 is 0. The van der Waals surface area contributed by atoms with Crippen LogP contribution in [0.3, 0.4) is 0 Å². The van der Waals surface area contributed by atoms with E-state index in [-0.39, 0.29) is 50.7 Å². The van der Waals surface area contributed by atoms with Crippen molar-refractivity contribution in [2.24, 2.45) is 18.4 Å². The van der Waals surface area contributed by atoms with E-state index in [1.807, 2.05) is 20.8 Å².